The van der Waals surface area contributed by atoms with Gasteiger partial charge in [0.25, 0.3) is 0 Å². The number of halogens is 2. The van der Waals surface area contributed by atoms with Crippen LogP contribution in [0.4, 0.5) is 4.39 Å². The van der Waals surface area contributed by atoms with Crippen LogP contribution < -0.4 is 5.32 Å². The maximum absolute atomic E-state index is 15.9. The number of nitrogens with one attached hydrogen (secondary N) is 1. The van der Waals surface area contributed by atoms with Crippen molar-refractivity contribution < 1.29 is 61.6 Å². The lowest BCUT2D eigenvalue weighted by molar-refractivity contribution is -0.325. The Labute approximate surface area is 213 Å². The van der Waals surface area contributed by atoms with E-state index in [0.29, 0.717) is 0 Å². The van der Waals surface area contributed by atoms with Crippen molar-refractivity contribution in [1.29, 1.82) is 0 Å². The summed E-state index contributed by atoms with van der Waals surface area (Å²) in [6.07, 6.45) is -9.31. The normalized spacial score (nSPS) is 27.4. The number of rotatable bonds is 9. The lowest BCUT2D eigenvalue weighted by Gasteiger charge is -2.49. The Balaban J connectivity index is 3.88. The van der Waals surface area contributed by atoms with Crippen molar-refractivity contribution in [3.8, 4) is 0 Å². The Morgan fingerprint density at radius 1 is 0.971 bits per heavy atom. The summed E-state index contributed by atoms with van der Waals surface area (Å²) in [6.45, 7) is 4.94. The number of alkyl halides is 2. The van der Waals surface area contributed by atoms with Gasteiger partial charge in [-0.1, -0.05) is 22.6 Å². The van der Waals surface area contributed by atoms with E-state index in [-0.39, 0.29) is 4.43 Å². The third kappa shape index (κ3) is 7.71. The molecule has 1 saturated heterocycles. The minimum Gasteiger partial charge on any atom is -0.464 e. The summed E-state index contributed by atoms with van der Waals surface area (Å²) in [5, 5.41) is 2.34. The molecule has 1 rings (SSSR count). The zero-order valence-electron chi connectivity index (χ0n) is 19.8. The van der Waals surface area contributed by atoms with E-state index in [0.717, 1.165) is 41.7 Å². The molecule has 0 bridgehead atoms. The van der Waals surface area contributed by atoms with Crippen molar-refractivity contribution in [2.75, 3.05) is 11.5 Å². The molecule has 7 atom stereocenters. The van der Waals surface area contributed by atoms with E-state index in [1.165, 1.54) is 0 Å². The van der Waals surface area contributed by atoms with E-state index in [9.17, 15) is 28.8 Å². The Kier molecular flexibility index (Phi) is 11.3. The van der Waals surface area contributed by atoms with E-state index >= 15 is 4.39 Å². The van der Waals surface area contributed by atoms with Gasteiger partial charge in [-0.3, -0.25) is 24.0 Å². The van der Waals surface area contributed by atoms with Crippen LogP contribution in [0.1, 0.15) is 34.6 Å². The molecule has 1 N–H and O–H groups in total. The number of amides is 1. The summed E-state index contributed by atoms with van der Waals surface area (Å²) in [6, 6.07) is -1.61. The molecule has 15 heteroatoms. The molecule has 1 heterocycles. The van der Waals surface area contributed by atoms with Crippen LogP contribution in [0, 0.1) is 0 Å². The Bertz CT molecular complexity index is 836. The Morgan fingerprint density at radius 3 is 1.94 bits per heavy atom. The molecule has 0 aromatic carbocycles. The van der Waals surface area contributed by atoms with Gasteiger partial charge in [-0.25, -0.2) is 9.18 Å². The fourth-order valence-electron chi connectivity index (χ4n) is 3.50. The number of esters is 5. The van der Waals surface area contributed by atoms with Crippen LogP contribution in [0.25, 0.3) is 0 Å². The zero-order chi connectivity index (χ0) is 27.1. The second-order valence-electron chi connectivity index (χ2n) is 7.41. The molecule has 1 amide bonds. The van der Waals surface area contributed by atoms with Crippen LogP contribution in [0.15, 0.2) is 0 Å². The molecular weight excluding hydrogens is 592 g/mol. The van der Waals surface area contributed by atoms with E-state index in [4.69, 9.17) is 23.7 Å². The molecule has 1 unspecified atom stereocenters. The number of carbonyl (C=O) groups is 6. The van der Waals surface area contributed by atoms with Crippen molar-refractivity contribution in [2.45, 2.75) is 77.0 Å². The highest BCUT2D eigenvalue weighted by atomic mass is 127. The summed E-state index contributed by atoms with van der Waals surface area (Å²) in [4.78, 5) is 72.0. The molecule has 0 aliphatic carbocycles. The van der Waals surface area contributed by atoms with Crippen LogP contribution in [-0.4, -0.2) is 89.7 Å². The van der Waals surface area contributed by atoms with Crippen LogP contribution in [0.2, 0.25) is 0 Å². The lowest BCUT2D eigenvalue weighted by Crippen LogP contribution is -2.74. The molecule has 35 heavy (non-hydrogen) atoms. The highest BCUT2D eigenvalue weighted by molar-refractivity contribution is 14.1. The summed E-state index contributed by atoms with van der Waals surface area (Å²) in [5.41, 5.74) is 0. The Hall–Kier alpha value is -2.56. The van der Waals surface area contributed by atoms with Gasteiger partial charge in [0.2, 0.25) is 12.1 Å². The van der Waals surface area contributed by atoms with Crippen molar-refractivity contribution in [3.63, 3.8) is 0 Å². The minimum absolute atomic E-state index is 0.00197. The second-order valence-corrected chi connectivity index (χ2v) is 8.29. The molecule has 1 fully saturated rings. The average molecular weight is 619 g/mol. The van der Waals surface area contributed by atoms with Gasteiger partial charge >= 0.3 is 35.6 Å². The predicted octanol–water partition coefficient (Wildman–Crippen LogP) is -0.109. The molecule has 0 aromatic heterocycles. The molecule has 0 spiro atoms. The van der Waals surface area contributed by atoms with Gasteiger partial charge in [0, 0.05) is 39.0 Å². The van der Waals surface area contributed by atoms with Crippen molar-refractivity contribution >= 4 is 58.3 Å². The molecule has 1 aliphatic heterocycles. The van der Waals surface area contributed by atoms with Crippen LogP contribution in [0.3, 0.4) is 0 Å². The van der Waals surface area contributed by atoms with Gasteiger partial charge < -0.3 is 33.7 Å². The number of methoxy groups -OCH3 is 1. The monoisotopic (exact) mass is 619 g/mol. The van der Waals surface area contributed by atoms with E-state index in [2.05, 4.69) is 10.1 Å². The first-order valence-electron chi connectivity index (χ1n) is 10.1. The number of hydrogen-bond acceptors (Lipinski definition) is 12. The molecule has 0 radical (unpaired) electrons. The van der Waals surface area contributed by atoms with Gasteiger partial charge in [-0.15, -0.1) is 0 Å². The minimum atomic E-state index is -3.13. The number of hydrogen-bond donors (Lipinski definition) is 1. The smallest absolute Gasteiger partial charge is 0.383 e. The van der Waals surface area contributed by atoms with E-state index in [1.807, 2.05) is 0 Å². The van der Waals surface area contributed by atoms with Gasteiger partial charge in [0.15, 0.2) is 18.3 Å². The maximum atomic E-state index is 15.9. The number of ether oxygens (including phenoxy) is 6. The van der Waals surface area contributed by atoms with Crippen molar-refractivity contribution in [2.24, 2.45) is 0 Å². The SMILES string of the molecule is COC(=O)C1(OC(C)=O)O[C@@H]([C@H](OC(C)=O)[C@@H](CI)OC(C)=O)[C@H](NC(C)=O)[C@@H](OC(C)=O)[C@@H]1F. The topological polar surface area (TPSA) is 170 Å². The summed E-state index contributed by atoms with van der Waals surface area (Å²) >= 11 is 1.80. The predicted molar refractivity (Wildman–Crippen MR) is 119 cm³/mol. The molecular formula is C20H27FINO12. The molecule has 0 saturated carbocycles. The number of carbonyl (C=O) groups excluding carboxylic acids is 6. The zero-order valence-corrected chi connectivity index (χ0v) is 22.0. The first-order chi connectivity index (χ1) is 16.2. The first kappa shape index (κ1) is 30.5. The largest absolute Gasteiger partial charge is 0.464 e. The third-order valence-corrected chi connectivity index (χ3v) is 5.44. The average Bonchev–Trinajstić information content (AvgIpc) is 2.73. The van der Waals surface area contributed by atoms with Crippen LogP contribution >= 0.6 is 22.6 Å². The molecule has 13 nitrogen and oxygen atoms in total. The van der Waals surface area contributed by atoms with Crippen LogP contribution in [-0.2, 0) is 57.2 Å². The van der Waals surface area contributed by atoms with Gasteiger partial charge in [-0.2, -0.15) is 0 Å². The Morgan fingerprint density at radius 2 is 1.54 bits per heavy atom. The fraction of sp³-hybridized carbons (Fsp3) is 0.700. The summed E-state index contributed by atoms with van der Waals surface area (Å²) in [5.74, 6) is -9.28. The molecule has 198 valence electrons. The second kappa shape index (κ2) is 12.9. The maximum Gasteiger partial charge on any atom is 0.383 e. The quantitative estimate of drug-likeness (QED) is 0.158. The highest BCUT2D eigenvalue weighted by Gasteiger charge is 2.67. The highest BCUT2D eigenvalue weighted by Crippen LogP contribution is 2.39. The standard InChI is InChI=1S/C20H27FINO12/c1-8(24)23-14-16(15(32-10(3)26)13(7-22)31-9(2)25)35-20(19(29)30-6,34-12(5)28)18(21)17(14)33-11(4)27/h13-18H,7H2,1-6H3,(H,23,24)/t13-,14+,15-,16-,17-,18+,20?/m1/s1. The third-order valence-electron chi connectivity index (χ3n) is 4.57. The van der Waals surface area contributed by atoms with Gasteiger partial charge in [0.1, 0.15) is 6.10 Å². The first-order valence-corrected chi connectivity index (χ1v) is 11.7. The van der Waals surface area contributed by atoms with E-state index in [1.54, 1.807) is 22.6 Å². The van der Waals surface area contributed by atoms with Gasteiger partial charge in [-0.05, 0) is 0 Å². The van der Waals surface area contributed by atoms with E-state index < -0.39 is 78.2 Å². The van der Waals surface area contributed by atoms with Crippen LogP contribution in [0.5, 0.6) is 0 Å². The fourth-order valence-corrected chi connectivity index (χ4v) is 4.19. The summed E-state index contributed by atoms with van der Waals surface area (Å²) in [7, 11) is 0.857. The van der Waals surface area contributed by atoms with Gasteiger partial charge in [0.05, 0.1) is 13.2 Å². The lowest BCUT2D eigenvalue weighted by atomic mass is 9.86. The van der Waals surface area contributed by atoms with Crippen molar-refractivity contribution in [3.05, 3.63) is 0 Å². The molecule has 0 aromatic rings. The summed E-state index contributed by atoms with van der Waals surface area (Å²) < 4.78 is 46.6. The molecule has 1 aliphatic rings. The van der Waals surface area contributed by atoms with Crippen molar-refractivity contribution in [1.82, 2.24) is 5.32 Å².